The predicted molar refractivity (Wildman–Crippen MR) is 106 cm³/mol. The van der Waals surface area contributed by atoms with E-state index in [1.54, 1.807) is 12.1 Å². The van der Waals surface area contributed by atoms with Crippen molar-refractivity contribution in [3.63, 3.8) is 0 Å². The molecule has 0 fully saturated rings. The lowest BCUT2D eigenvalue weighted by Gasteiger charge is -2.19. The van der Waals surface area contributed by atoms with Gasteiger partial charge in [-0.1, -0.05) is 6.07 Å². The normalized spacial score (nSPS) is 16.6. The SMILES string of the molecule is Cc1nn(C(C)(C)C)cc1C(C)NC(=O)c1ccc2c(c1)NC(=O)C2(C)C. The van der Waals surface area contributed by atoms with Crippen molar-refractivity contribution < 1.29 is 9.59 Å². The van der Waals surface area contributed by atoms with Crippen LogP contribution in [-0.2, 0) is 15.7 Å². The third-order valence-electron chi connectivity index (χ3n) is 5.21. The fourth-order valence-electron chi connectivity index (χ4n) is 3.33. The monoisotopic (exact) mass is 368 g/mol. The fourth-order valence-corrected chi connectivity index (χ4v) is 3.33. The van der Waals surface area contributed by atoms with E-state index in [0.717, 1.165) is 16.8 Å². The van der Waals surface area contributed by atoms with Gasteiger partial charge in [-0.3, -0.25) is 14.3 Å². The molecule has 0 radical (unpaired) electrons. The van der Waals surface area contributed by atoms with Crippen molar-refractivity contribution in [2.24, 2.45) is 0 Å². The molecule has 1 aliphatic heterocycles. The minimum absolute atomic E-state index is 0.0476. The summed E-state index contributed by atoms with van der Waals surface area (Å²) < 4.78 is 1.92. The summed E-state index contributed by atoms with van der Waals surface area (Å²) in [5.41, 5.74) is 3.36. The van der Waals surface area contributed by atoms with Crippen molar-refractivity contribution in [1.29, 1.82) is 0 Å². The van der Waals surface area contributed by atoms with Crippen LogP contribution in [0.3, 0.4) is 0 Å². The zero-order valence-electron chi connectivity index (χ0n) is 17.1. The van der Waals surface area contributed by atoms with E-state index >= 15 is 0 Å². The highest BCUT2D eigenvalue weighted by molar-refractivity contribution is 6.07. The van der Waals surface area contributed by atoms with Gasteiger partial charge in [-0.05, 0) is 66.2 Å². The van der Waals surface area contributed by atoms with Crippen molar-refractivity contribution in [1.82, 2.24) is 15.1 Å². The summed E-state index contributed by atoms with van der Waals surface area (Å²) in [5.74, 6) is -0.221. The fraction of sp³-hybridized carbons (Fsp3) is 0.476. The molecule has 2 aromatic rings. The Morgan fingerprint density at radius 1 is 1.30 bits per heavy atom. The maximum atomic E-state index is 12.7. The predicted octanol–water partition coefficient (Wildman–Crippen LogP) is 3.67. The smallest absolute Gasteiger partial charge is 0.251 e. The zero-order valence-corrected chi connectivity index (χ0v) is 17.1. The molecule has 2 amide bonds. The maximum Gasteiger partial charge on any atom is 0.251 e. The highest BCUT2D eigenvalue weighted by Crippen LogP contribution is 2.37. The van der Waals surface area contributed by atoms with Crippen LogP contribution in [0.5, 0.6) is 0 Å². The molecular weight excluding hydrogens is 340 g/mol. The van der Waals surface area contributed by atoms with Crippen LogP contribution in [-0.4, -0.2) is 21.6 Å². The van der Waals surface area contributed by atoms with E-state index in [0.29, 0.717) is 11.3 Å². The number of aryl methyl sites for hydroxylation is 1. The zero-order chi connectivity index (χ0) is 20.1. The molecule has 1 aromatic carbocycles. The van der Waals surface area contributed by atoms with E-state index < -0.39 is 5.41 Å². The van der Waals surface area contributed by atoms with Gasteiger partial charge in [-0.15, -0.1) is 0 Å². The molecule has 1 atom stereocenters. The largest absolute Gasteiger partial charge is 0.345 e. The van der Waals surface area contributed by atoms with Crippen LogP contribution in [0, 0.1) is 6.92 Å². The molecule has 2 N–H and O–H groups in total. The van der Waals surface area contributed by atoms with Crippen LogP contribution >= 0.6 is 0 Å². The second-order valence-corrected chi connectivity index (χ2v) is 8.82. The summed E-state index contributed by atoms with van der Waals surface area (Å²) >= 11 is 0. The molecule has 1 aliphatic rings. The van der Waals surface area contributed by atoms with E-state index in [-0.39, 0.29) is 23.4 Å². The standard InChI is InChI=1S/C21H28N4O2/c1-12(15-11-25(20(3,4)5)24-13(15)2)22-18(26)14-8-9-16-17(10-14)23-19(27)21(16,6)7/h8-12H,1-7H3,(H,22,26)(H,23,27). The van der Waals surface area contributed by atoms with Gasteiger partial charge in [0.2, 0.25) is 5.91 Å². The van der Waals surface area contributed by atoms with Crippen molar-refractivity contribution >= 4 is 17.5 Å². The third-order valence-corrected chi connectivity index (χ3v) is 5.21. The van der Waals surface area contributed by atoms with Gasteiger partial charge in [-0.2, -0.15) is 5.10 Å². The quantitative estimate of drug-likeness (QED) is 0.868. The average molecular weight is 368 g/mol. The van der Waals surface area contributed by atoms with Crippen LogP contribution in [0.15, 0.2) is 24.4 Å². The van der Waals surface area contributed by atoms with Gasteiger partial charge in [0.1, 0.15) is 0 Å². The average Bonchev–Trinajstić information content (AvgIpc) is 3.05. The van der Waals surface area contributed by atoms with Gasteiger partial charge in [0.15, 0.2) is 0 Å². The molecule has 0 spiro atoms. The van der Waals surface area contributed by atoms with Crippen LogP contribution in [0.4, 0.5) is 5.69 Å². The second kappa shape index (κ2) is 6.22. The van der Waals surface area contributed by atoms with E-state index in [2.05, 4.69) is 36.5 Å². The first-order chi connectivity index (χ1) is 12.4. The number of carbonyl (C=O) groups is 2. The Labute approximate surface area is 160 Å². The number of aromatic nitrogens is 2. The number of hydrogen-bond acceptors (Lipinski definition) is 3. The summed E-state index contributed by atoms with van der Waals surface area (Å²) in [6.07, 6.45) is 1.99. The number of rotatable bonds is 3. The summed E-state index contributed by atoms with van der Waals surface area (Å²) in [6.45, 7) is 13.9. The minimum atomic E-state index is -0.573. The minimum Gasteiger partial charge on any atom is -0.345 e. The molecule has 27 heavy (non-hydrogen) atoms. The Balaban J connectivity index is 1.80. The third kappa shape index (κ3) is 3.36. The van der Waals surface area contributed by atoms with Gasteiger partial charge in [0.05, 0.1) is 22.7 Å². The Bertz CT molecular complexity index is 919. The van der Waals surface area contributed by atoms with E-state index in [1.807, 2.05) is 44.6 Å². The van der Waals surface area contributed by atoms with Crippen LogP contribution in [0.25, 0.3) is 0 Å². The van der Waals surface area contributed by atoms with Crippen LogP contribution < -0.4 is 10.6 Å². The summed E-state index contributed by atoms with van der Waals surface area (Å²) in [4.78, 5) is 24.8. The lowest BCUT2D eigenvalue weighted by atomic mass is 9.86. The number of nitrogens with one attached hydrogen (secondary N) is 2. The van der Waals surface area contributed by atoms with E-state index in [1.165, 1.54) is 0 Å². The highest BCUT2D eigenvalue weighted by Gasteiger charge is 2.38. The molecule has 1 aromatic heterocycles. The lowest BCUT2D eigenvalue weighted by Crippen LogP contribution is -2.27. The Hall–Kier alpha value is -2.63. The van der Waals surface area contributed by atoms with Crippen molar-refractivity contribution in [3.8, 4) is 0 Å². The van der Waals surface area contributed by atoms with Crippen molar-refractivity contribution in [2.75, 3.05) is 5.32 Å². The van der Waals surface area contributed by atoms with Gasteiger partial charge < -0.3 is 10.6 Å². The molecule has 2 heterocycles. The second-order valence-electron chi connectivity index (χ2n) is 8.82. The molecular formula is C21H28N4O2. The number of benzene rings is 1. The number of anilines is 1. The Kier molecular flexibility index (Phi) is 4.41. The molecule has 0 saturated carbocycles. The number of amides is 2. The number of nitrogens with zero attached hydrogens (tertiary/aromatic N) is 2. The Morgan fingerprint density at radius 3 is 2.56 bits per heavy atom. The van der Waals surface area contributed by atoms with Gasteiger partial charge in [0, 0.05) is 23.0 Å². The molecule has 0 saturated heterocycles. The summed E-state index contributed by atoms with van der Waals surface area (Å²) in [7, 11) is 0. The maximum absolute atomic E-state index is 12.7. The van der Waals surface area contributed by atoms with E-state index in [4.69, 9.17) is 0 Å². The van der Waals surface area contributed by atoms with Gasteiger partial charge in [-0.25, -0.2) is 0 Å². The lowest BCUT2D eigenvalue weighted by molar-refractivity contribution is -0.119. The first-order valence-corrected chi connectivity index (χ1v) is 9.25. The van der Waals surface area contributed by atoms with E-state index in [9.17, 15) is 9.59 Å². The molecule has 6 nitrogen and oxygen atoms in total. The van der Waals surface area contributed by atoms with Crippen LogP contribution in [0.1, 0.15) is 74.8 Å². The van der Waals surface area contributed by atoms with Crippen molar-refractivity contribution in [3.05, 3.63) is 46.8 Å². The van der Waals surface area contributed by atoms with Crippen LogP contribution in [0.2, 0.25) is 0 Å². The molecule has 3 rings (SSSR count). The van der Waals surface area contributed by atoms with Gasteiger partial charge in [0.25, 0.3) is 5.91 Å². The summed E-state index contributed by atoms with van der Waals surface area (Å²) in [6, 6.07) is 5.20. The molecule has 6 heteroatoms. The number of hydrogen-bond donors (Lipinski definition) is 2. The molecule has 1 unspecified atom stereocenters. The number of carbonyl (C=O) groups excluding carboxylic acids is 2. The Morgan fingerprint density at radius 2 is 1.96 bits per heavy atom. The molecule has 144 valence electrons. The highest BCUT2D eigenvalue weighted by atomic mass is 16.2. The van der Waals surface area contributed by atoms with Gasteiger partial charge >= 0.3 is 0 Å². The molecule has 0 aliphatic carbocycles. The first-order valence-electron chi connectivity index (χ1n) is 9.25. The van der Waals surface area contributed by atoms with Crippen molar-refractivity contribution in [2.45, 2.75) is 65.5 Å². The summed E-state index contributed by atoms with van der Waals surface area (Å²) in [5, 5.41) is 10.5. The first kappa shape index (κ1) is 19.1. The molecule has 0 bridgehead atoms. The topological polar surface area (TPSA) is 76.0 Å². The number of fused-ring (bicyclic) bond motifs is 1.